The Labute approximate surface area is 119 Å². The van der Waals surface area contributed by atoms with Gasteiger partial charge in [0.15, 0.2) is 0 Å². The van der Waals surface area contributed by atoms with Crippen molar-refractivity contribution >= 4 is 11.3 Å². The lowest BCUT2D eigenvalue weighted by Crippen LogP contribution is -2.13. The zero-order valence-corrected chi connectivity index (χ0v) is 13.0. The van der Waals surface area contributed by atoms with Gasteiger partial charge in [0.25, 0.3) is 0 Å². The Balaban J connectivity index is 1.90. The number of hydrogen-bond donors (Lipinski definition) is 1. The highest BCUT2D eigenvalue weighted by molar-refractivity contribution is 7.12. The number of pyridine rings is 1. The molecule has 2 heterocycles. The number of aromatic nitrogens is 1. The van der Waals surface area contributed by atoms with E-state index in [9.17, 15) is 0 Å². The molecule has 0 bridgehead atoms. The Bertz CT molecular complexity index is 538. The average Bonchev–Trinajstić information content (AvgIpc) is 2.80. The van der Waals surface area contributed by atoms with E-state index in [1.807, 2.05) is 23.6 Å². The Morgan fingerprint density at radius 2 is 1.95 bits per heavy atom. The van der Waals surface area contributed by atoms with E-state index in [0.717, 1.165) is 18.8 Å². The monoisotopic (exact) mass is 274 g/mol. The first-order chi connectivity index (χ1) is 8.97. The standard InChI is InChI=1S/C16H22N2S/c1-12-6-5-9-18-14(12)11-17-10-13-7-8-15(19-13)16(2,3)4/h5-9,17H,10-11H2,1-4H3. The molecule has 0 atom stereocenters. The molecule has 0 unspecified atom stereocenters. The summed E-state index contributed by atoms with van der Waals surface area (Å²) < 4.78 is 0. The lowest BCUT2D eigenvalue weighted by Gasteiger charge is -2.15. The number of aryl methyl sites for hydroxylation is 1. The van der Waals surface area contributed by atoms with Crippen molar-refractivity contribution in [2.75, 3.05) is 0 Å². The van der Waals surface area contributed by atoms with Gasteiger partial charge in [0.05, 0.1) is 5.69 Å². The topological polar surface area (TPSA) is 24.9 Å². The highest BCUT2D eigenvalue weighted by Crippen LogP contribution is 2.29. The summed E-state index contributed by atoms with van der Waals surface area (Å²) in [7, 11) is 0. The fourth-order valence-electron chi connectivity index (χ4n) is 1.88. The van der Waals surface area contributed by atoms with Crippen LogP contribution >= 0.6 is 11.3 Å². The van der Waals surface area contributed by atoms with Crippen molar-refractivity contribution in [1.29, 1.82) is 0 Å². The maximum absolute atomic E-state index is 4.39. The predicted molar refractivity (Wildman–Crippen MR) is 82.5 cm³/mol. The maximum Gasteiger partial charge on any atom is 0.0570 e. The van der Waals surface area contributed by atoms with Gasteiger partial charge in [-0.15, -0.1) is 11.3 Å². The summed E-state index contributed by atoms with van der Waals surface area (Å²) in [6.07, 6.45) is 1.85. The Morgan fingerprint density at radius 3 is 2.58 bits per heavy atom. The normalized spacial score (nSPS) is 11.8. The largest absolute Gasteiger partial charge is 0.306 e. The fraction of sp³-hybridized carbons (Fsp3) is 0.438. The van der Waals surface area contributed by atoms with Gasteiger partial charge in [0.1, 0.15) is 0 Å². The van der Waals surface area contributed by atoms with Crippen LogP contribution in [0.5, 0.6) is 0 Å². The molecule has 0 radical (unpaired) electrons. The van der Waals surface area contributed by atoms with Gasteiger partial charge >= 0.3 is 0 Å². The Kier molecular flexibility index (Phi) is 4.38. The number of hydrogen-bond acceptors (Lipinski definition) is 3. The molecule has 2 aromatic rings. The molecular formula is C16H22N2S. The minimum atomic E-state index is 0.250. The number of rotatable bonds is 4. The van der Waals surface area contributed by atoms with Crippen LogP contribution in [0.2, 0.25) is 0 Å². The molecule has 0 amide bonds. The number of thiophene rings is 1. The molecule has 0 spiro atoms. The van der Waals surface area contributed by atoms with Crippen LogP contribution < -0.4 is 5.32 Å². The van der Waals surface area contributed by atoms with Gasteiger partial charge in [-0.1, -0.05) is 26.8 Å². The molecule has 3 heteroatoms. The van der Waals surface area contributed by atoms with E-state index >= 15 is 0 Å². The molecule has 0 aromatic carbocycles. The zero-order valence-electron chi connectivity index (χ0n) is 12.2. The summed E-state index contributed by atoms with van der Waals surface area (Å²) in [4.78, 5) is 7.23. The van der Waals surface area contributed by atoms with E-state index < -0.39 is 0 Å². The van der Waals surface area contributed by atoms with Crippen molar-refractivity contribution in [3.63, 3.8) is 0 Å². The van der Waals surface area contributed by atoms with Gasteiger partial charge in [-0.05, 0) is 36.1 Å². The maximum atomic E-state index is 4.39. The smallest absolute Gasteiger partial charge is 0.0570 e. The molecular weight excluding hydrogens is 252 g/mol. The summed E-state index contributed by atoms with van der Waals surface area (Å²) in [5, 5.41) is 3.47. The molecule has 2 aromatic heterocycles. The number of nitrogens with one attached hydrogen (secondary N) is 1. The van der Waals surface area contributed by atoms with Crippen LogP contribution in [-0.2, 0) is 18.5 Å². The van der Waals surface area contributed by atoms with E-state index in [1.54, 1.807) is 0 Å². The second-order valence-electron chi connectivity index (χ2n) is 5.89. The van der Waals surface area contributed by atoms with Gasteiger partial charge in [0.2, 0.25) is 0 Å². The Morgan fingerprint density at radius 1 is 1.16 bits per heavy atom. The fourth-order valence-corrected chi connectivity index (χ4v) is 2.92. The van der Waals surface area contributed by atoms with E-state index in [4.69, 9.17) is 0 Å². The van der Waals surface area contributed by atoms with Gasteiger partial charge in [-0.3, -0.25) is 4.98 Å². The highest BCUT2D eigenvalue weighted by Gasteiger charge is 2.15. The zero-order chi connectivity index (χ0) is 13.9. The molecule has 102 valence electrons. The third-order valence-corrected chi connectivity index (χ3v) is 4.62. The van der Waals surface area contributed by atoms with Crippen LogP contribution in [0.1, 0.15) is 41.8 Å². The third-order valence-electron chi connectivity index (χ3n) is 3.11. The molecule has 0 saturated heterocycles. The summed E-state index contributed by atoms with van der Waals surface area (Å²) >= 11 is 1.90. The lowest BCUT2D eigenvalue weighted by molar-refractivity contribution is 0.604. The van der Waals surface area contributed by atoms with Gasteiger partial charge in [-0.25, -0.2) is 0 Å². The van der Waals surface area contributed by atoms with Crippen LogP contribution in [-0.4, -0.2) is 4.98 Å². The van der Waals surface area contributed by atoms with Gasteiger partial charge in [0, 0.05) is 29.0 Å². The minimum absolute atomic E-state index is 0.250. The first-order valence-corrected chi connectivity index (χ1v) is 7.49. The summed E-state index contributed by atoms with van der Waals surface area (Å²) in [6, 6.07) is 8.55. The van der Waals surface area contributed by atoms with Crippen LogP contribution in [0, 0.1) is 6.92 Å². The van der Waals surface area contributed by atoms with E-state index in [0.29, 0.717) is 0 Å². The van der Waals surface area contributed by atoms with Gasteiger partial charge in [-0.2, -0.15) is 0 Å². The molecule has 0 aliphatic carbocycles. The minimum Gasteiger partial charge on any atom is -0.306 e. The Hall–Kier alpha value is -1.19. The molecule has 0 aliphatic rings. The van der Waals surface area contributed by atoms with E-state index in [2.05, 4.69) is 56.2 Å². The molecule has 0 fully saturated rings. The summed E-state index contributed by atoms with van der Waals surface area (Å²) in [5.74, 6) is 0. The van der Waals surface area contributed by atoms with Crippen LogP contribution in [0.25, 0.3) is 0 Å². The lowest BCUT2D eigenvalue weighted by atomic mass is 9.95. The molecule has 19 heavy (non-hydrogen) atoms. The van der Waals surface area contributed by atoms with E-state index in [-0.39, 0.29) is 5.41 Å². The first kappa shape index (κ1) is 14.2. The van der Waals surface area contributed by atoms with Crippen molar-refractivity contribution in [3.8, 4) is 0 Å². The summed E-state index contributed by atoms with van der Waals surface area (Å²) in [6.45, 7) is 10.6. The first-order valence-electron chi connectivity index (χ1n) is 6.67. The SMILES string of the molecule is Cc1cccnc1CNCc1ccc(C(C)(C)C)s1. The van der Waals surface area contributed by atoms with Crippen LogP contribution in [0.15, 0.2) is 30.5 Å². The molecule has 2 nitrogen and oxygen atoms in total. The molecule has 0 saturated carbocycles. The number of nitrogens with zero attached hydrogens (tertiary/aromatic N) is 1. The second kappa shape index (κ2) is 5.85. The third kappa shape index (κ3) is 3.88. The predicted octanol–water partition coefficient (Wildman–Crippen LogP) is 4.04. The summed E-state index contributed by atoms with van der Waals surface area (Å²) in [5.41, 5.74) is 2.63. The molecule has 0 aliphatic heterocycles. The van der Waals surface area contributed by atoms with Crippen molar-refractivity contribution in [1.82, 2.24) is 10.3 Å². The molecule has 1 N–H and O–H groups in total. The highest BCUT2D eigenvalue weighted by atomic mass is 32.1. The van der Waals surface area contributed by atoms with E-state index in [1.165, 1.54) is 15.3 Å². The quantitative estimate of drug-likeness (QED) is 0.910. The van der Waals surface area contributed by atoms with Crippen molar-refractivity contribution in [2.24, 2.45) is 0 Å². The van der Waals surface area contributed by atoms with Crippen LogP contribution in [0.3, 0.4) is 0 Å². The van der Waals surface area contributed by atoms with Crippen LogP contribution in [0.4, 0.5) is 0 Å². The van der Waals surface area contributed by atoms with Crippen molar-refractivity contribution in [2.45, 2.75) is 46.2 Å². The second-order valence-corrected chi connectivity index (χ2v) is 7.05. The van der Waals surface area contributed by atoms with Crippen molar-refractivity contribution in [3.05, 3.63) is 51.5 Å². The molecule has 2 rings (SSSR count). The average molecular weight is 274 g/mol. The van der Waals surface area contributed by atoms with Gasteiger partial charge < -0.3 is 5.32 Å². The van der Waals surface area contributed by atoms with Crippen molar-refractivity contribution < 1.29 is 0 Å².